The van der Waals surface area contributed by atoms with Gasteiger partial charge >= 0.3 is 0 Å². The summed E-state index contributed by atoms with van der Waals surface area (Å²) in [6.07, 6.45) is 8.71. The molecule has 2 aliphatic rings. The highest BCUT2D eigenvalue weighted by Crippen LogP contribution is 2.34. The van der Waals surface area contributed by atoms with Crippen molar-refractivity contribution < 1.29 is 4.79 Å². The number of hydrogen-bond acceptors (Lipinski definition) is 4. The molecule has 2 aromatic rings. The molecule has 1 saturated carbocycles. The summed E-state index contributed by atoms with van der Waals surface area (Å²) in [6.45, 7) is 5.73. The Balaban J connectivity index is 1.62. The van der Waals surface area contributed by atoms with Crippen LogP contribution < -0.4 is 5.56 Å². The number of halogens is 1. The molecule has 28 heavy (non-hydrogen) atoms. The monoisotopic (exact) mass is 421 g/mol. The van der Waals surface area contributed by atoms with Crippen molar-refractivity contribution in [3.05, 3.63) is 27.1 Å². The zero-order valence-corrected chi connectivity index (χ0v) is 18.2. The van der Waals surface area contributed by atoms with E-state index in [1.165, 1.54) is 32.1 Å². The highest BCUT2D eigenvalue weighted by atomic mass is 35.5. The molecule has 1 aliphatic carbocycles. The van der Waals surface area contributed by atoms with E-state index >= 15 is 0 Å². The van der Waals surface area contributed by atoms with Gasteiger partial charge in [-0.1, -0.05) is 19.3 Å². The van der Waals surface area contributed by atoms with Crippen LogP contribution in [0.2, 0.25) is 0 Å². The zero-order valence-electron chi connectivity index (χ0n) is 16.7. The Kier molecular flexibility index (Phi) is 5.53. The van der Waals surface area contributed by atoms with Crippen molar-refractivity contribution in [3.63, 3.8) is 0 Å². The lowest BCUT2D eigenvalue weighted by Crippen LogP contribution is -2.44. The number of rotatable bonds is 4. The number of thiophene rings is 1. The van der Waals surface area contributed by atoms with E-state index in [1.54, 1.807) is 17.7 Å². The first-order valence-corrected chi connectivity index (χ1v) is 11.6. The van der Waals surface area contributed by atoms with E-state index in [1.807, 2.05) is 23.3 Å². The third kappa shape index (κ3) is 3.61. The van der Waals surface area contributed by atoms with Gasteiger partial charge in [0.1, 0.15) is 4.83 Å². The summed E-state index contributed by atoms with van der Waals surface area (Å²) in [5.74, 6) is 0.967. The summed E-state index contributed by atoms with van der Waals surface area (Å²) < 4.78 is 1.82. The first-order valence-electron chi connectivity index (χ1n) is 10.3. The van der Waals surface area contributed by atoms with Crippen molar-refractivity contribution in [2.75, 3.05) is 12.4 Å². The normalized spacial score (nSPS) is 18.5. The average molecular weight is 422 g/mol. The molecule has 4 rings (SSSR count). The van der Waals surface area contributed by atoms with Gasteiger partial charge in [-0.25, -0.2) is 4.98 Å². The molecule has 5 nitrogen and oxygen atoms in total. The number of carbonyl (C=O) groups is 1. The van der Waals surface area contributed by atoms with E-state index < -0.39 is 5.41 Å². The van der Waals surface area contributed by atoms with Gasteiger partial charge in [-0.05, 0) is 44.6 Å². The van der Waals surface area contributed by atoms with Crippen molar-refractivity contribution >= 4 is 39.1 Å². The maximum atomic E-state index is 13.2. The van der Waals surface area contributed by atoms with E-state index in [-0.39, 0.29) is 11.5 Å². The van der Waals surface area contributed by atoms with E-state index in [0.29, 0.717) is 31.3 Å². The maximum Gasteiger partial charge on any atom is 0.262 e. The second-order valence-electron chi connectivity index (χ2n) is 8.88. The molecule has 0 saturated heterocycles. The average Bonchev–Trinajstić information content (AvgIpc) is 3.08. The van der Waals surface area contributed by atoms with Gasteiger partial charge in [-0.3, -0.25) is 14.2 Å². The molecule has 1 fully saturated rings. The maximum absolute atomic E-state index is 13.2. The molecular formula is C21H28ClN3O2S. The van der Waals surface area contributed by atoms with Crippen LogP contribution in [0.3, 0.4) is 0 Å². The first-order chi connectivity index (χ1) is 13.4. The van der Waals surface area contributed by atoms with Crippen LogP contribution in [0.5, 0.6) is 0 Å². The molecule has 0 radical (unpaired) electrons. The molecule has 3 heterocycles. The highest BCUT2D eigenvalue weighted by molar-refractivity contribution is 7.18. The van der Waals surface area contributed by atoms with Crippen LogP contribution in [-0.2, 0) is 24.3 Å². The molecule has 0 aromatic carbocycles. The summed E-state index contributed by atoms with van der Waals surface area (Å²) in [5.41, 5.74) is 0.623. The van der Waals surface area contributed by atoms with Crippen LogP contribution >= 0.6 is 22.9 Å². The van der Waals surface area contributed by atoms with Crippen LogP contribution in [0.15, 0.2) is 11.1 Å². The van der Waals surface area contributed by atoms with E-state index in [9.17, 15) is 9.59 Å². The molecular weight excluding hydrogens is 394 g/mol. The minimum atomic E-state index is -0.569. The van der Waals surface area contributed by atoms with Crippen LogP contribution in [0.25, 0.3) is 10.2 Å². The minimum Gasteiger partial charge on any atom is -0.337 e. The van der Waals surface area contributed by atoms with Gasteiger partial charge in [-0.2, -0.15) is 0 Å². The van der Waals surface area contributed by atoms with Crippen molar-refractivity contribution in [1.29, 1.82) is 0 Å². The highest BCUT2D eigenvalue weighted by Gasteiger charge is 2.34. The lowest BCUT2D eigenvalue weighted by atomic mass is 9.89. The molecule has 0 N–H and O–H groups in total. The van der Waals surface area contributed by atoms with E-state index in [2.05, 4.69) is 4.98 Å². The fraction of sp³-hybridized carbons (Fsp3) is 0.667. The number of alkyl halides is 1. The van der Waals surface area contributed by atoms with Crippen LogP contribution in [0.1, 0.15) is 56.4 Å². The molecule has 1 amide bonds. The molecule has 1 aliphatic heterocycles. The third-order valence-corrected chi connectivity index (χ3v) is 8.00. The Morgan fingerprint density at radius 2 is 2.07 bits per heavy atom. The van der Waals surface area contributed by atoms with Crippen LogP contribution in [-0.4, -0.2) is 32.8 Å². The topological polar surface area (TPSA) is 55.2 Å². The molecule has 0 atom stereocenters. The molecule has 152 valence electrons. The number of hydrogen-bond donors (Lipinski definition) is 0. The Morgan fingerprint density at radius 3 is 2.79 bits per heavy atom. The van der Waals surface area contributed by atoms with Gasteiger partial charge in [0.25, 0.3) is 5.56 Å². The Morgan fingerprint density at radius 1 is 1.32 bits per heavy atom. The summed E-state index contributed by atoms with van der Waals surface area (Å²) in [6, 6.07) is 0. The summed E-state index contributed by atoms with van der Waals surface area (Å²) in [5, 5.41) is 0.780. The number of carbonyl (C=O) groups excluding carboxylic acids is 1. The first kappa shape index (κ1) is 19.9. The standard InChI is InChI=1S/C21H28ClN3O2S/c1-21(2,12-22)20(27)24-9-8-15-16(11-24)28-18-17(15)19(26)25(13-23-18)10-14-6-4-3-5-7-14/h13-14H,3-12H2,1-2H3. The lowest BCUT2D eigenvalue weighted by molar-refractivity contribution is -0.140. The zero-order chi connectivity index (χ0) is 19.9. The predicted octanol–water partition coefficient (Wildman–Crippen LogP) is 4.19. The lowest BCUT2D eigenvalue weighted by Gasteiger charge is -2.33. The molecule has 0 spiro atoms. The van der Waals surface area contributed by atoms with Crippen molar-refractivity contribution in [2.45, 2.75) is 65.5 Å². The summed E-state index contributed by atoms with van der Waals surface area (Å²) in [4.78, 5) is 34.4. The number of fused-ring (bicyclic) bond motifs is 3. The van der Waals surface area contributed by atoms with Gasteiger partial charge < -0.3 is 4.90 Å². The largest absolute Gasteiger partial charge is 0.337 e. The SMILES string of the molecule is CC(C)(CCl)C(=O)N1CCc2c(sc3ncn(CC4CCCCC4)c(=O)c23)C1. The molecule has 0 bridgehead atoms. The van der Waals surface area contributed by atoms with E-state index in [4.69, 9.17) is 11.6 Å². The van der Waals surface area contributed by atoms with Gasteiger partial charge in [0.15, 0.2) is 0 Å². The fourth-order valence-corrected chi connectivity index (χ4v) is 5.76. The van der Waals surface area contributed by atoms with Gasteiger partial charge in [0, 0.05) is 23.8 Å². The Labute approximate surface area is 174 Å². The molecule has 7 heteroatoms. The second-order valence-corrected chi connectivity index (χ2v) is 10.2. The molecule has 0 unspecified atom stereocenters. The van der Waals surface area contributed by atoms with Crippen LogP contribution in [0.4, 0.5) is 0 Å². The third-order valence-electron chi connectivity index (χ3n) is 6.21. The Hall–Kier alpha value is -1.40. The number of amides is 1. The second kappa shape index (κ2) is 7.79. The van der Waals surface area contributed by atoms with Gasteiger partial charge in [0.05, 0.1) is 23.7 Å². The minimum absolute atomic E-state index is 0.0771. The quantitative estimate of drug-likeness (QED) is 0.695. The summed E-state index contributed by atoms with van der Waals surface area (Å²) in [7, 11) is 0. The van der Waals surface area contributed by atoms with Gasteiger partial charge in [0.2, 0.25) is 5.91 Å². The van der Waals surface area contributed by atoms with Crippen LogP contribution in [0, 0.1) is 11.3 Å². The van der Waals surface area contributed by atoms with Crippen molar-refractivity contribution in [1.82, 2.24) is 14.5 Å². The van der Waals surface area contributed by atoms with E-state index in [0.717, 1.165) is 27.2 Å². The number of aromatic nitrogens is 2. The van der Waals surface area contributed by atoms with Crippen molar-refractivity contribution in [2.24, 2.45) is 11.3 Å². The van der Waals surface area contributed by atoms with Crippen molar-refractivity contribution in [3.8, 4) is 0 Å². The fourth-order valence-electron chi connectivity index (χ4n) is 4.46. The molecule has 2 aromatic heterocycles. The van der Waals surface area contributed by atoms with Gasteiger partial charge in [-0.15, -0.1) is 22.9 Å². The Bertz CT molecular complexity index is 943. The summed E-state index contributed by atoms with van der Waals surface area (Å²) >= 11 is 7.55. The number of nitrogens with zero attached hydrogens (tertiary/aromatic N) is 3. The smallest absolute Gasteiger partial charge is 0.262 e. The predicted molar refractivity (Wildman–Crippen MR) is 114 cm³/mol.